The van der Waals surface area contributed by atoms with Crippen LogP contribution < -0.4 is 24.4 Å². The van der Waals surface area contributed by atoms with Crippen LogP contribution in [0.15, 0.2) is 48.7 Å². The molecule has 0 aliphatic carbocycles. The first-order valence-electron chi connectivity index (χ1n) is 11.5. The zero-order chi connectivity index (χ0) is 24.9. The molecule has 2 amide bonds. The van der Waals surface area contributed by atoms with Gasteiger partial charge in [0.2, 0.25) is 17.6 Å². The van der Waals surface area contributed by atoms with Gasteiger partial charge in [-0.3, -0.25) is 9.59 Å². The molecule has 2 heterocycles. The Morgan fingerprint density at radius 1 is 1.03 bits per heavy atom. The summed E-state index contributed by atoms with van der Waals surface area (Å²) in [5, 5.41) is 7.30. The quantitative estimate of drug-likeness (QED) is 0.506. The zero-order valence-corrected chi connectivity index (χ0v) is 20.4. The maximum absolute atomic E-state index is 13.1. The summed E-state index contributed by atoms with van der Waals surface area (Å²) >= 11 is 0. The molecule has 1 aliphatic heterocycles. The van der Waals surface area contributed by atoms with Crippen molar-refractivity contribution in [1.29, 1.82) is 0 Å². The van der Waals surface area contributed by atoms with Gasteiger partial charge in [0, 0.05) is 31.2 Å². The van der Waals surface area contributed by atoms with Gasteiger partial charge in [-0.05, 0) is 17.5 Å². The Balaban J connectivity index is 1.46. The molecule has 0 radical (unpaired) electrons. The molecule has 3 aromatic rings. The number of benzene rings is 2. The highest BCUT2D eigenvalue weighted by Gasteiger charge is 2.36. The first kappa shape index (κ1) is 24.1. The van der Waals surface area contributed by atoms with E-state index < -0.39 is 5.92 Å². The van der Waals surface area contributed by atoms with Crippen LogP contribution in [0.2, 0.25) is 0 Å². The highest BCUT2D eigenvalue weighted by molar-refractivity contribution is 6.03. The maximum atomic E-state index is 13.1. The van der Waals surface area contributed by atoms with Crippen molar-refractivity contribution in [2.45, 2.75) is 26.3 Å². The van der Waals surface area contributed by atoms with E-state index in [1.807, 2.05) is 0 Å². The lowest BCUT2D eigenvalue weighted by molar-refractivity contribution is -0.122. The summed E-state index contributed by atoms with van der Waals surface area (Å²) in [6.07, 6.45) is 2.74. The van der Waals surface area contributed by atoms with Crippen LogP contribution in [0.3, 0.4) is 0 Å². The number of ether oxygens (including phenoxy) is 3. The second kappa shape index (κ2) is 10.5. The van der Waals surface area contributed by atoms with Crippen LogP contribution in [0.1, 0.15) is 24.5 Å². The van der Waals surface area contributed by atoms with Crippen molar-refractivity contribution in [3.63, 3.8) is 0 Å². The first-order chi connectivity index (χ1) is 17.0. The number of aryl methyl sites for hydroxylation is 1. The molecule has 0 spiro atoms. The Morgan fingerprint density at radius 2 is 1.69 bits per heavy atom. The zero-order valence-electron chi connectivity index (χ0n) is 20.4. The van der Waals surface area contributed by atoms with Gasteiger partial charge in [0.25, 0.3) is 0 Å². The second-order valence-corrected chi connectivity index (χ2v) is 8.32. The Hall–Kier alpha value is -4.01. The maximum Gasteiger partial charge on any atom is 0.230 e. The highest BCUT2D eigenvalue weighted by atomic mass is 16.5. The molecule has 2 aromatic carbocycles. The number of nitrogens with one attached hydrogen (secondary N) is 1. The molecule has 1 fully saturated rings. The van der Waals surface area contributed by atoms with Gasteiger partial charge in [-0.15, -0.1) is 0 Å². The third-order valence-corrected chi connectivity index (χ3v) is 6.19. The predicted octanol–water partition coefficient (Wildman–Crippen LogP) is 3.51. The van der Waals surface area contributed by atoms with Crippen molar-refractivity contribution in [3.05, 3.63) is 59.8 Å². The Bertz CT molecular complexity index is 1180. The lowest BCUT2D eigenvalue weighted by Gasteiger charge is -2.20. The summed E-state index contributed by atoms with van der Waals surface area (Å²) in [6.45, 7) is 2.90. The lowest BCUT2D eigenvalue weighted by atomic mass is 10.1. The fourth-order valence-corrected chi connectivity index (χ4v) is 4.20. The number of aromatic nitrogens is 2. The van der Waals surface area contributed by atoms with E-state index in [4.69, 9.17) is 14.2 Å². The van der Waals surface area contributed by atoms with Crippen LogP contribution in [0, 0.1) is 5.92 Å². The standard InChI is InChI=1S/C26H30N4O5/c1-5-17-6-8-18(9-7-17)15-30-23(10-11-27-30)28-26(32)19-12-24(31)29(16-19)20-13-21(33-2)25(35-4)22(14-20)34-3/h6-11,13-14,19H,5,12,15-16H2,1-4H3,(H,28,32). The van der Waals surface area contributed by atoms with E-state index in [1.165, 1.54) is 26.9 Å². The number of hydrogen-bond donors (Lipinski definition) is 1. The molecular formula is C26H30N4O5. The Labute approximate surface area is 204 Å². The van der Waals surface area contributed by atoms with Crippen LogP contribution in [-0.2, 0) is 22.6 Å². The van der Waals surface area contributed by atoms with Crippen LogP contribution in [0.5, 0.6) is 17.2 Å². The van der Waals surface area contributed by atoms with E-state index >= 15 is 0 Å². The minimum atomic E-state index is -0.506. The number of rotatable bonds is 9. The van der Waals surface area contributed by atoms with Crippen LogP contribution in [0.25, 0.3) is 0 Å². The van der Waals surface area contributed by atoms with E-state index in [0.29, 0.717) is 35.3 Å². The van der Waals surface area contributed by atoms with Gasteiger partial charge in [-0.2, -0.15) is 5.10 Å². The number of carbonyl (C=O) groups is 2. The average molecular weight is 479 g/mol. The van der Waals surface area contributed by atoms with E-state index in [1.54, 1.807) is 34.0 Å². The molecule has 1 aliphatic rings. The van der Waals surface area contributed by atoms with Crippen molar-refractivity contribution < 1.29 is 23.8 Å². The molecule has 35 heavy (non-hydrogen) atoms. The molecule has 1 saturated heterocycles. The molecule has 9 nitrogen and oxygen atoms in total. The molecule has 1 unspecified atom stereocenters. The van der Waals surface area contributed by atoms with Gasteiger partial charge in [0.05, 0.1) is 45.7 Å². The Kier molecular flexibility index (Phi) is 7.24. The van der Waals surface area contributed by atoms with Crippen LogP contribution in [0.4, 0.5) is 11.5 Å². The fraction of sp³-hybridized carbons (Fsp3) is 0.346. The third-order valence-electron chi connectivity index (χ3n) is 6.19. The van der Waals surface area contributed by atoms with Gasteiger partial charge in [-0.1, -0.05) is 31.2 Å². The number of hydrogen-bond acceptors (Lipinski definition) is 6. The van der Waals surface area contributed by atoms with Crippen molar-refractivity contribution in [2.75, 3.05) is 38.1 Å². The predicted molar refractivity (Wildman–Crippen MR) is 132 cm³/mol. The number of anilines is 2. The average Bonchev–Trinajstić information content (AvgIpc) is 3.49. The van der Waals surface area contributed by atoms with Crippen molar-refractivity contribution in [1.82, 2.24) is 9.78 Å². The van der Waals surface area contributed by atoms with Gasteiger partial charge in [0.1, 0.15) is 5.82 Å². The summed E-state index contributed by atoms with van der Waals surface area (Å²) in [4.78, 5) is 27.5. The highest BCUT2D eigenvalue weighted by Crippen LogP contribution is 2.42. The molecule has 1 N–H and O–H groups in total. The summed E-state index contributed by atoms with van der Waals surface area (Å²) in [5.41, 5.74) is 2.94. The van der Waals surface area contributed by atoms with Crippen molar-refractivity contribution in [3.8, 4) is 17.2 Å². The number of methoxy groups -OCH3 is 3. The molecule has 0 saturated carbocycles. The van der Waals surface area contributed by atoms with Crippen molar-refractivity contribution in [2.24, 2.45) is 5.92 Å². The normalized spacial score (nSPS) is 15.3. The largest absolute Gasteiger partial charge is 0.493 e. The molecule has 184 valence electrons. The Morgan fingerprint density at radius 3 is 2.29 bits per heavy atom. The fourth-order valence-electron chi connectivity index (χ4n) is 4.20. The summed E-state index contributed by atoms with van der Waals surface area (Å²) < 4.78 is 17.9. The summed E-state index contributed by atoms with van der Waals surface area (Å²) in [5.74, 6) is 1.04. The van der Waals surface area contributed by atoms with Crippen LogP contribution >= 0.6 is 0 Å². The first-order valence-corrected chi connectivity index (χ1v) is 11.5. The molecule has 1 aromatic heterocycles. The van der Waals surface area contributed by atoms with Gasteiger partial charge in [-0.25, -0.2) is 4.68 Å². The molecular weight excluding hydrogens is 448 g/mol. The molecule has 1 atom stereocenters. The summed E-state index contributed by atoms with van der Waals surface area (Å²) in [7, 11) is 4.56. The minimum Gasteiger partial charge on any atom is -0.493 e. The molecule has 0 bridgehead atoms. The van der Waals surface area contributed by atoms with Gasteiger partial charge in [0.15, 0.2) is 11.5 Å². The van der Waals surface area contributed by atoms with Gasteiger partial charge < -0.3 is 24.4 Å². The number of nitrogens with zero attached hydrogens (tertiary/aromatic N) is 3. The smallest absolute Gasteiger partial charge is 0.230 e. The molecule has 4 rings (SSSR count). The second-order valence-electron chi connectivity index (χ2n) is 8.32. The van der Waals surface area contributed by atoms with E-state index in [-0.39, 0.29) is 24.8 Å². The minimum absolute atomic E-state index is 0.106. The monoisotopic (exact) mass is 478 g/mol. The van der Waals surface area contributed by atoms with E-state index in [9.17, 15) is 9.59 Å². The third kappa shape index (κ3) is 5.08. The number of carbonyl (C=O) groups excluding carboxylic acids is 2. The molecule has 9 heteroatoms. The van der Waals surface area contributed by atoms with Gasteiger partial charge >= 0.3 is 0 Å². The SMILES string of the molecule is CCc1ccc(Cn2nccc2NC(=O)C2CC(=O)N(c3cc(OC)c(OC)c(OC)c3)C2)cc1. The van der Waals surface area contributed by atoms with E-state index in [0.717, 1.165) is 12.0 Å². The topological polar surface area (TPSA) is 94.9 Å². The van der Waals surface area contributed by atoms with E-state index in [2.05, 4.69) is 41.6 Å². The summed E-state index contributed by atoms with van der Waals surface area (Å²) in [6, 6.07) is 13.5. The lowest BCUT2D eigenvalue weighted by Crippen LogP contribution is -2.28. The van der Waals surface area contributed by atoms with Crippen LogP contribution in [-0.4, -0.2) is 49.5 Å². The number of amides is 2. The van der Waals surface area contributed by atoms with Crippen molar-refractivity contribution >= 4 is 23.3 Å².